The van der Waals surface area contributed by atoms with Gasteiger partial charge in [-0.3, -0.25) is 0 Å². The van der Waals surface area contributed by atoms with Gasteiger partial charge in [0.25, 0.3) is 0 Å². The smallest absolute Gasteiger partial charge is 0.328 e. The molecule has 28 heavy (non-hydrogen) atoms. The van der Waals surface area contributed by atoms with Crippen LogP contribution in [-0.2, 0) is 21.2 Å². The van der Waals surface area contributed by atoms with Crippen LogP contribution in [0.3, 0.4) is 0 Å². The lowest BCUT2D eigenvalue weighted by Gasteiger charge is -2.12. The van der Waals surface area contributed by atoms with Crippen LogP contribution in [0.15, 0.2) is 47.4 Å². The minimum absolute atomic E-state index is 0.118. The summed E-state index contributed by atoms with van der Waals surface area (Å²) < 4.78 is 38.3. The third kappa shape index (κ3) is 5.58. The van der Waals surface area contributed by atoms with Crippen molar-refractivity contribution in [2.75, 3.05) is 20.8 Å². The number of nitrogens with one attached hydrogen (secondary N) is 1. The van der Waals surface area contributed by atoms with E-state index in [0.717, 1.165) is 11.6 Å². The minimum atomic E-state index is -3.74. The van der Waals surface area contributed by atoms with Crippen LogP contribution in [0.25, 0.3) is 6.08 Å². The summed E-state index contributed by atoms with van der Waals surface area (Å²) in [7, 11) is -0.648. The molecule has 2 rings (SSSR count). The van der Waals surface area contributed by atoms with Crippen molar-refractivity contribution in [3.8, 4) is 11.5 Å². The van der Waals surface area contributed by atoms with Crippen molar-refractivity contribution in [1.82, 2.24) is 4.72 Å². The number of ether oxygens (including phenoxy) is 2. The summed E-state index contributed by atoms with van der Waals surface area (Å²) in [5.41, 5.74) is 1.97. The Morgan fingerprint density at radius 2 is 1.82 bits per heavy atom. The number of carboxylic acids is 1. The molecule has 0 aliphatic carbocycles. The molecule has 0 saturated carbocycles. The number of methoxy groups -OCH3 is 2. The van der Waals surface area contributed by atoms with Crippen molar-refractivity contribution >= 4 is 22.1 Å². The van der Waals surface area contributed by atoms with E-state index in [1.54, 1.807) is 45.4 Å². The van der Waals surface area contributed by atoms with E-state index in [0.29, 0.717) is 29.0 Å². The fourth-order valence-electron chi connectivity index (χ4n) is 2.62. The highest BCUT2D eigenvalue weighted by Gasteiger charge is 2.17. The van der Waals surface area contributed by atoms with E-state index in [4.69, 9.17) is 14.6 Å². The summed E-state index contributed by atoms with van der Waals surface area (Å²) in [5, 5.41) is 8.72. The van der Waals surface area contributed by atoms with Gasteiger partial charge >= 0.3 is 5.97 Å². The fourth-order valence-corrected chi connectivity index (χ4v) is 3.93. The van der Waals surface area contributed by atoms with Crippen LogP contribution in [-0.4, -0.2) is 40.3 Å². The molecular formula is C20H23NO6S. The number of carboxylic acid groups (broad SMARTS) is 1. The van der Waals surface area contributed by atoms with E-state index in [9.17, 15) is 13.2 Å². The van der Waals surface area contributed by atoms with Gasteiger partial charge in [0.15, 0.2) is 11.5 Å². The van der Waals surface area contributed by atoms with Gasteiger partial charge in [-0.15, -0.1) is 0 Å². The number of benzene rings is 2. The molecule has 2 N–H and O–H groups in total. The van der Waals surface area contributed by atoms with Crippen LogP contribution in [0.5, 0.6) is 11.5 Å². The highest BCUT2D eigenvalue weighted by molar-refractivity contribution is 7.89. The summed E-state index contributed by atoms with van der Waals surface area (Å²) in [6.07, 6.45) is 2.78. The molecule has 8 heteroatoms. The van der Waals surface area contributed by atoms with Gasteiger partial charge in [0.1, 0.15) is 0 Å². The molecule has 0 unspecified atom stereocenters. The molecule has 0 heterocycles. The first-order chi connectivity index (χ1) is 13.3. The second-order valence-corrected chi connectivity index (χ2v) is 7.77. The molecule has 0 amide bonds. The highest BCUT2D eigenvalue weighted by Crippen LogP contribution is 2.27. The lowest BCUT2D eigenvalue weighted by Crippen LogP contribution is -2.26. The van der Waals surface area contributed by atoms with Gasteiger partial charge in [-0.05, 0) is 54.3 Å². The standard InChI is InChI=1S/C20H23NO6S/c1-14-4-5-15(7-9-20(22)23)13-19(14)28(24,25)21-11-10-16-6-8-17(26-2)18(12-16)27-3/h4-9,12-13,21H,10-11H2,1-3H3,(H,22,23)/b9-7+. The van der Waals surface area contributed by atoms with Crippen molar-refractivity contribution in [3.63, 3.8) is 0 Å². The molecule has 2 aromatic rings. The lowest BCUT2D eigenvalue weighted by atomic mass is 10.1. The zero-order valence-electron chi connectivity index (χ0n) is 15.9. The Balaban J connectivity index is 2.12. The fraction of sp³-hybridized carbons (Fsp3) is 0.250. The number of carbonyl (C=O) groups is 1. The van der Waals surface area contributed by atoms with Crippen LogP contribution in [0.2, 0.25) is 0 Å². The third-order valence-corrected chi connectivity index (χ3v) is 5.68. The van der Waals surface area contributed by atoms with E-state index in [-0.39, 0.29) is 11.4 Å². The summed E-state index contributed by atoms with van der Waals surface area (Å²) >= 11 is 0. The molecule has 0 spiro atoms. The Kier molecular flexibility index (Phi) is 7.19. The second-order valence-electron chi connectivity index (χ2n) is 6.03. The van der Waals surface area contributed by atoms with E-state index >= 15 is 0 Å². The Morgan fingerprint density at radius 1 is 1.11 bits per heavy atom. The van der Waals surface area contributed by atoms with E-state index < -0.39 is 16.0 Å². The normalized spacial score (nSPS) is 11.5. The first kappa shape index (κ1) is 21.5. The molecular weight excluding hydrogens is 382 g/mol. The molecule has 0 aliphatic rings. The average molecular weight is 405 g/mol. The third-order valence-electron chi connectivity index (χ3n) is 4.07. The number of hydrogen-bond acceptors (Lipinski definition) is 5. The van der Waals surface area contributed by atoms with Gasteiger partial charge in [-0.1, -0.05) is 18.2 Å². The SMILES string of the molecule is COc1ccc(CCNS(=O)(=O)c2cc(/C=C/C(=O)O)ccc2C)cc1OC. The molecule has 150 valence electrons. The zero-order chi connectivity index (χ0) is 20.7. The molecule has 0 saturated heterocycles. The van der Waals surface area contributed by atoms with Crippen molar-refractivity contribution in [2.24, 2.45) is 0 Å². The largest absolute Gasteiger partial charge is 0.493 e. The summed E-state index contributed by atoms with van der Waals surface area (Å²) in [6.45, 7) is 1.89. The van der Waals surface area contributed by atoms with Crippen LogP contribution in [0.4, 0.5) is 0 Å². The second kappa shape index (κ2) is 9.38. The topological polar surface area (TPSA) is 102 Å². The first-order valence-electron chi connectivity index (χ1n) is 8.49. The van der Waals surface area contributed by atoms with Gasteiger partial charge in [0, 0.05) is 12.6 Å². The first-order valence-corrected chi connectivity index (χ1v) is 9.97. The van der Waals surface area contributed by atoms with Crippen molar-refractivity contribution in [2.45, 2.75) is 18.2 Å². The molecule has 0 atom stereocenters. The Morgan fingerprint density at radius 3 is 2.46 bits per heavy atom. The van der Waals surface area contributed by atoms with Crippen LogP contribution >= 0.6 is 0 Å². The van der Waals surface area contributed by atoms with Crippen LogP contribution < -0.4 is 14.2 Å². The van der Waals surface area contributed by atoms with Crippen molar-refractivity contribution < 1.29 is 27.8 Å². The predicted octanol–water partition coefficient (Wildman–Crippen LogP) is 2.63. The number of aliphatic carboxylic acids is 1. The van der Waals surface area contributed by atoms with Gasteiger partial charge in [0.05, 0.1) is 19.1 Å². The quantitative estimate of drug-likeness (QED) is 0.622. The van der Waals surface area contributed by atoms with Crippen molar-refractivity contribution in [1.29, 1.82) is 0 Å². The number of hydrogen-bond donors (Lipinski definition) is 2. The lowest BCUT2D eigenvalue weighted by molar-refractivity contribution is -0.131. The highest BCUT2D eigenvalue weighted by atomic mass is 32.2. The summed E-state index contributed by atoms with van der Waals surface area (Å²) in [5.74, 6) is 0.0864. The van der Waals surface area contributed by atoms with E-state index in [1.807, 2.05) is 6.07 Å². The molecule has 0 fully saturated rings. The minimum Gasteiger partial charge on any atom is -0.493 e. The van der Waals surface area contributed by atoms with Gasteiger partial charge in [-0.25, -0.2) is 17.9 Å². The molecule has 0 aliphatic heterocycles. The molecule has 0 bridgehead atoms. The summed E-state index contributed by atoms with van der Waals surface area (Å²) in [4.78, 5) is 10.8. The zero-order valence-corrected chi connectivity index (χ0v) is 16.7. The van der Waals surface area contributed by atoms with Gasteiger partial charge in [0.2, 0.25) is 10.0 Å². The van der Waals surface area contributed by atoms with Gasteiger partial charge < -0.3 is 14.6 Å². The Hall–Kier alpha value is -2.84. The van der Waals surface area contributed by atoms with Gasteiger partial charge in [-0.2, -0.15) is 0 Å². The van der Waals surface area contributed by atoms with Crippen LogP contribution in [0.1, 0.15) is 16.7 Å². The maximum atomic E-state index is 12.7. The maximum absolute atomic E-state index is 12.7. The molecule has 0 aromatic heterocycles. The van der Waals surface area contributed by atoms with E-state index in [1.165, 1.54) is 12.1 Å². The van der Waals surface area contributed by atoms with Crippen LogP contribution in [0, 0.1) is 6.92 Å². The molecule has 2 aromatic carbocycles. The molecule has 7 nitrogen and oxygen atoms in total. The molecule has 0 radical (unpaired) electrons. The average Bonchev–Trinajstić information content (AvgIpc) is 2.66. The van der Waals surface area contributed by atoms with E-state index in [2.05, 4.69) is 4.72 Å². The summed E-state index contributed by atoms with van der Waals surface area (Å²) in [6, 6.07) is 10.2. The Labute approximate surface area is 164 Å². The predicted molar refractivity (Wildman–Crippen MR) is 106 cm³/mol. The number of rotatable bonds is 9. The maximum Gasteiger partial charge on any atom is 0.328 e. The number of sulfonamides is 1. The van der Waals surface area contributed by atoms with Crippen molar-refractivity contribution in [3.05, 3.63) is 59.2 Å². The monoisotopic (exact) mass is 405 g/mol. The number of aryl methyl sites for hydroxylation is 1. The Bertz CT molecular complexity index is 982.